The van der Waals surface area contributed by atoms with Crippen molar-refractivity contribution in [2.75, 3.05) is 18.4 Å². The number of amides is 1. The molecule has 0 bridgehead atoms. The summed E-state index contributed by atoms with van der Waals surface area (Å²) in [6, 6.07) is 7.82. The summed E-state index contributed by atoms with van der Waals surface area (Å²) >= 11 is 6.88. The van der Waals surface area contributed by atoms with Crippen LogP contribution in [0.15, 0.2) is 24.3 Å². The molecule has 108 valence electrons. The molecular weight excluding hydrogens is 288 g/mol. The minimum absolute atomic E-state index is 0.00199. The van der Waals surface area contributed by atoms with E-state index in [9.17, 15) is 4.79 Å². The van der Waals surface area contributed by atoms with Gasteiger partial charge in [0.05, 0.1) is 5.25 Å². The zero-order valence-corrected chi connectivity index (χ0v) is 13.5. The average molecular weight is 308 g/mol. The Morgan fingerprint density at radius 3 is 2.75 bits per heavy atom. The van der Waals surface area contributed by atoms with Crippen LogP contribution in [0.5, 0.6) is 0 Å². The third-order valence-corrected chi connectivity index (χ3v) is 4.87. The fourth-order valence-electron chi connectivity index (χ4n) is 2.15. The molecule has 1 heterocycles. The summed E-state index contributed by atoms with van der Waals surface area (Å²) in [5, 5.41) is 2.76. The molecule has 1 aliphatic rings. The molecule has 2 rings (SSSR count). The van der Waals surface area contributed by atoms with E-state index in [1.165, 1.54) is 24.6 Å². The Morgan fingerprint density at radius 1 is 1.40 bits per heavy atom. The topological polar surface area (TPSA) is 32.3 Å². The molecule has 20 heavy (non-hydrogen) atoms. The Morgan fingerprint density at radius 2 is 2.10 bits per heavy atom. The Bertz CT molecular complexity index is 498. The quantitative estimate of drug-likeness (QED) is 0.867. The number of anilines is 1. The second-order valence-corrected chi connectivity index (χ2v) is 7.05. The summed E-state index contributed by atoms with van der Waals surface area (Å²) in [7, 11) is 0. The molecular formula is C15H20N2OS2. The fourth-order valence-corrected chi connectivity index (χ4v) is 3.56. The van der Waals surface area contributed by atoms with Crippen LogP contribution in [0.25, 0.3) is 0 Å². The Balaban J connectivity index is 1.86. The molecule has 0 aliphatic carbocycles. The highest BCUT2D eigenvalue weighted by atomic mass is 32.2. The van der Waals surface area contributed by atoms with Crippen LogP contribution in [-0.4, -0.2) is 33.5 Å². The van der Waals surface area contributed by atoms with E-state index in [0.29, 0.717) is 0 Å². The summed E-state index contributed by atoms with van der Waals surface area (Å²) in [4.78, 5) is 14.4. The lowest BCUT2D eigenvalue weighted by Gasteiger charge is -2.20. The summed E-state index contributed by atoms with van der Waals surface area (Å²) in [6.45, 7) is 5.96. The number of carbonyl (C=O) groups excluding carboxylic acids is 1. The van der Waals surface area contributed by atoms with Gasteiger partial charge in [0, 0.05) is 18.8 Å². The first-order valence-electron chi connectivity index (χ1n) is 6.89. The van der Waals surface area contributed by atoms with Gasteiger partial charge >= 0.3 is 0 Å². The first-order chi connectivity index (χ1) is 9.56. The van der Waals surface area contributed by atoms with Gasteiger partial charge in [-0.2, -0.15) is 0 Å². The Hall–Kier alpha value is -1.07. The molecule has 0 spiro atoms. The largest absolute Gasteiger partial charge is 0.358 e. The van der Waals surface area contributed by atoms with Gasteiger partial charge in [-0.3, -0.25) is 4.79 Å². The second kappa shape index (κ2) is 7.09. The maximum Gasteiger partial charge on any atom is 0.237 e. The van der Waals surface area contributed by atoms with E-state index in [2.05, 4.69) is 10.2 Å². The zero-order valence-electron chi connectivity index (χ0n) is 11.9. The summed E-state index contributed by atoms with van der Waals surface area (Å²) in [5.41, 5.74) is 1.98. The number of rotatable bonds is 3. The van der Waals surface area contributed by atoms with E-state index < -0.39 is 0 Å². The highest BCUT2D eigenvalue weighted by Gasteiger charge is 2.21. The van der Waals surface area contributed by atoms with Gasteiger partial charge in [0.1, 0.15) is 4.32 Å². The Kier molecular flexibility index (Phi) is 5.43. The number of nitrogens with one attached hydrogen (secondary N) is 1. The molecule has 1 aromatic carbocycles. The number of benzene rings is 1. The molecule has 0 unspecified atom stereocenters. The lowest BCUT2D eigenvalue weighted by atomic mass is 10.2. The highest BCUT2D eigenvalue weighted by molar-refractivity contribution is 8.23. The van der Waals surface area contributed by atoms with Crippen molar-refractivity contribution in [2.45, 2.75) is 31.9 Å². The van der Waals surface area contributed by atoms with Crippen LogP contribution in [0, 0.1) is 6.92 Å². The van der Waals surface area contributed by atoms with E-state index in [0.717, 1.165) is 28.7 Å². The van der Waals surface area contributed by atoms with Gasteiger partial charge in [-0.1, -0.05) is 36.1 Å². The van der Waals surface area contributed by atoms with Crippen LogP contribution in [0.4, 0.5) is 5.69 Å². The number of carbonyl (C=O) groups is 1. The van der Waals surface area contributed by atoms with Crippen LogP contribution in [-0.2, 0) is 4.79 Å². The zero-order chi connectivity index (χ0) is 14.5. The van der Waals surface area contributed by atoms with E-state index >= 15 is 0 Å². The molecule has 1 saturated heterocycles. The molecule has 1 atom stereocenters. The van der Waals surface area contributed by atoms with Gasteiger partial charge in [0.2, 0.25) is 5.91 Å². The third-order valence-electron chi connectivity index (χ3n) is 3.30. The van der Waals surface area contributed by atoms with Crippen LogP contribution in [0.3, 0.4) is 0 Å². The molecule has 0 saturated carbocycles. The first-order valence-corrected chi connectivity index (χ1v) is 8.18. The molecule has 1 fully saturated rings. The van der Waals surface area contributed by atoms with Crippen molar-refractivity contribution >= 4 is 39.9 Å². The lowest BCUT2D eigenvalue weighted by Crippen LogP contribution is -2.29. The van der Waals surface area contributed by atoms with Crippen LogP contribution in [0.2, 0.25) is 0 Å². The molecule has 1 amide bonds. The van der Waals surface area contributed by atoms with Crippen molar-refractivity contribution in [3.05, 3.63) is 29.8 Å². The van der Waals surface area contributed by atoms with Crippen LogP contribution < -0.4 is 5.32 Å². The van der Waals surface area contributed by atoms with Crippen molar-refractivity contribution in [1.29, 1.82) is 0 Å². The maximum absolute atomic E-state index is 12.2. The summed E-state index contributed by atoms with van der Waals surface area (Å²) in [5.74, 6) is 0.00199. The molecule has 3 nitrogen and oxygen atoms in total. The predicted molar refractivity (Wildman–Crippen MR) is 90.3 cm³/mol. The number of nitrogens with zero attached hydrogens (tertiary/aromatic N) is 1. The number of thiocarbonyl (C=S) groups is 1. The second-order valence-electron chi connectivity index (χ2n) is 5.08. The van der Waals surface area contributed by atoms with Crippen molar-refractivity contribution in [2.24, 2.45) is 0 Å². The SMILES string of the molecule is Cc1cccc(NC(=O)[C@@H](C)SC(=S)N2CCCC2)c1. The molecule has 5 heteroatoms. The first kappa shape index (κ1) is 15.3. The minimum Gasteiger partial charge on any atom is -0.358 e. The monoisotopic (exact) mass is 308 g/mol. The van der Waals surface area contributed by atoms with Gasteiger partial charge < -0.3 is 10.2 Å². The van der Waals surface area contributed by atoms with E-state index in [1.807, 2.05) is 38.1 Å². The number of hydrogen-bond acceptors (Lipinski definition) is 3. The molecule has 1 N–H and O–H groups in total. The third kappa shape index (κ3) is 4.21. The average Bonchev–Trinajstić information content (AvgIpc) is 2.92. The van der Waals surface area contributed by atoms with Crippen LogP contribution >= 0.6 is 24.0 Å². The van der Waals surface area contributed by atoms with E-state index in [4.69, 9.17) is 12.2 Å². The smallest absolute Gasteiger partial charge is 0.237 e. The normalized spacial score (nSPS) is 16.0. The minimum atomic E-state index is -0.177. The number of thioether (sulfide) groups is 1. The van der Waals surface area contributed by atoms with E-state index in [1.54, 1.807) is 0 Å². The van der Waals surface area contributed by atoms with Gasteiger partial charge in [-0.25, -0.2) is 0 Å². The van der Waals surface area contributed by atoms with Gasteiger partial charge in [0.15, 0.2) is 0 Å². The summed E-state index contributed by atoms with van der Waals surface area (Å²) in [6.07, 6.45) is 2.40. The van der Waals surface area contributed by atoms with Gasteiger partial charge in [0.25, 0.3) is 0 Å². The van der Waals surface area contributed by atoms with Crippen molar-refractivity contribution in [3.8, 4) is 0 Å². The lowest BCUT2D eigenvalue weighted by molar-refractivity contribution is -0.115. The predicted octanol–water partition coefficient (Wildman–Crippen LogP) is 3.44. The van der Waals surface area contributed by atoms with Gasteiger partial charge in [-0.15, -0.1) is 0 Å². The number of aryl methyl sites for hydroxylation is 1. The standard InChI is InChI=1S/C15H20N2OS2/c1-11-6-5-7-13(10-11)16-14(18)12(2)20-15(19)17-8-3-4-9-17/h5-7,10,12H,3-4,8-9H2,1-2H3,(H,16,18)/t12-/m1/s1. The molecule has 0 radical (unpaired) electrons. The molecule has 1 aromatic rings. The maximum atomic E-state index is 12.2. The molecule has 1 aliphatic heterocycles. The van der Waals surface area contributed by atoms with Crippen molar-refractivity contribution in [1.82, 2.24) is 4.90 Å². The highest BCUT2D eigenvalue weighted by Crippen LogP contribution is 2.21. The summed E-state index contributed by atoms with van der Waals surface area (Å²) < 4.78 is 0.842. The van der Waals surface area contributed by atoms with Gasteiger partial charge in [-0.05, 0) is 44.4 Å². The number of likely N-dealkylation sites (tertiary alicyclic amines) is 1. The number of hydrogen-bond donors (Lipinski definition) is 1. The molecule has 0 aromatic heterocycles. The fraction of sp³-hybridized carbons (Fsp3) is 0.467. The Labute approximate surface area is 130 Å². The van der Waals surface area contributed by atoms with Crippen molar-refractivity contribution in [3.63, 3.8) is 0 Å². The van der Waals surface area contributed by atoms with E-state index in [-0.39, 0.29) is 11.2 Å². The van der Waals surface area contributed by atoms with Crippen molar-refractivity contribution < 1.29 is 4.79 Å². The van der Waals surface area contributed by atoms with Crippen LogP contribution in [0.1, 0.15) is 25.3 Å².